The van der Waals surface area contributed by atoms with Crippen molar-refractivity contribution in [3.05, 3.63) is 79.8 Å². The van der Waals surface area contributed by atoms with E-state index in [9.17, 15) is 23.6 Å². The predicted octanol–water partition coefficient (Wildman–Crippen LogP) is 3.63. The molecule has 1 atom stereocenters. The van der Waals surface area contributed by atoms with Crippen LogP contribution in [-0.4, -0.2) is 27.7 Å². The molecule has 1 fully saturated rings. The van der Waals surface area contributed by atoms with Gasteiger partial charge in [0.1, 0.15) is 23.9 Å². The molecule has 0 saturated heterocycles. The molecule has 36 heavy (non-hydrogen) atoms. The van der Waals surface area contributed by atoms with Gasteiger partial charge in [0, 0.05) is 17.7 Å². The van der Waals surface area contributed by atoms with Crippen LogP contribution < -0.4 is 16.6 Å². The zero-order valence-corrected chi connectivity index (χ0v) is 19.3. The normalized spacial score (nSPS) is 21.5. The summed E-state index contributed by atoms with van der Waals surface area (Å²) in [6.45, 7) is 0.323. The largest absolute Gasteiger partial charge is 0.371 e. The number of anilines is 1. The van der Waals surface area contributed by atoms with Crippen LogP contribution in [0.1, 0.15) is 42.5 Å². The number of hydrogen-bond donors (Lipinski definition) is 2. The molecular weight excluding hydrogens is 475 g/mol. The van der Waals surface area contributed by atoms with E-state index in [2.05, 4.69) is 21.4 Å². The number of alkyl halides is 2. The first-order chi connectivity index (χ1) is 17.2. The van der Waals surface area contributed by atoms with Crippen molar-refractivity contribution in [2.24, 2.45) is 0 Å². The lowest BCUT2D eigenvalue weighted by atomic mass is 9.98. The summed E-state index contributed by atoms with van der Waals surface area (Å²) in [7, 11) is 0. The second-order valence-electron chi connectivity index (χ2n) is 9.09. The van der Waals surface area contributed by atoms with Gasteiger partial charge in [-0.25, -0.2) is 9.18 Å². The molecule has 2 N–H and O–H groups in total. The number of rotatable bonds is 1. The number of H-pyrrole nitrogens is 1. The van der Waals surface area contributed by atoms with Crippen molar-refractivity contribution >= 4 is 16.9 Å². The number of nitriles is 1. The number of nitrogens with one attached hydrogen (secondary N) is 2. The second kappa shape index (κ2) is 8.64. The number of hydrogen-bond acceptors (Lipinski definition) is 6. The van der Waals surface area contributed by atoms with Gasteiger partial charge in [0.2, 0.25) is 0 Å². The molecule has 5 rings (SSSR count). The maximum Gasteiger partial charge on any atom is 0.351 e. The average Bonchev–Trinajstić information content (AvgIpc) is 3.63. The fourth-order valence-electron chi connectivity index (χ4n) is 4.46. The van der Waals surface area contributed by atoms with Gasteiger partial charge in [-0.1, -0.05) is 24.3 Å². The van der Waals surface area contributed by atoms with Gasteiger partial charge in [0.25, 0.3) is 11.5 Å². The maximum atomic E-state index is 15.3. The number of pyridine rings is 1. The highest BCUT2D eigenvalue weighted by molar-refractivity contribution is 5.87. The summed E-state index contributed by atoms with van der Waals surface area (Å²) in [6.07, 6.45) is 4.02. The van der Waals surface area contributed by atoms with E-state index in [-0.39, 0.29) is 35.7 Å². The van der Waals surface area contributed by atoms with Crippen LogP contribution in [0.15, 0.2) is 46.0 Å². The Hall–Kier alpha value is -3.91. The minimum atomic E-state index is -3.56. The van der Waals surface area contributed by atoms with Crippen molar-refractivity contribution in [1.82, 2.24) is 14.5 Å². The van der Waals surface area contributed by atoms with Crippen molar-refractivity contribution in [1.29, 1.82) is 5.26 Å². The highest BCUT2D eigenvalue weighted by Gasteiger charge is 2.47. The monoisotopic (exact) mass is 497 g/mol. The fourth-order valence-corrected chi connectivity index (χ4v) is 4.46. The lowest BCUT2D eigenvalue weighted by molar-refractivity contribution is -0.0795. The number of aromatic nitrogens is 3. The molecule has 1 aromatic carbocycles. The first kappa shape index (κ1) is 23.8. The summed E-state index contributed by atoms with van der Waals surface area (Å²) in [5, 5.41) is 12.9. The minimum absolute atomic E-state index is 0.00965. The zero-order valence-electron chi connectivity index (χ0n) is 19.3. The Morgan fingerprint density at radius 1 is 1.22 bits per heavy atom. The van der Waals surface area contributed by atoms with Gasteiger partial charge in [-0.2, -0.15) is 19.0 Å². The van der Waals surface area contributed by atoms with Crippen molar-refractivity contribution in [2.45, 2.75) is 43.7 Å². The number of fused-ring (bicyclic) bond motifs is 8. The van der Waals surface area contributed by atoms with Gasteiger partial charge >= 0.3 is 5.69 Å². The van der Waals surface area contributed by atoms with Gasteiger partial charge < -0.3 is 15.0 Å². The molecule has 1 saturated carbocycles. The molecule has 186 valence electrons. The number of nitrogens with zero attached hydrogens (tertiary/aromatic N) is 3. The summed E-state index contributed by atoms with van der Waals surface area (Å²) >= 11 is 0. The van der Waals surface area contributed by atoms with Gasteiger partial charge in [0.05, 0.1) is 35.1 Å². The zero-order chi connectivity index (χ0) is 25.7. The molecular formula is C25H22F3N5O3. The molecule has 3 aromatic rings. The van der Waals surface area contributed by atoms with E-state index in [1.165, 1.54) is 34.9 Å². The third-order valence-electron chi connectivity index (χ3n) is 6.66. The van der Waals surface area contributed by atoms with E-state index in [1.54, 1.807) is 6.92 Å². The summed E-state index contributed by atoms with van der Waals surface area (Å²) < 4.78 is 51.0. The Morgan fingerprint density at radius 3 is 2.72 bits per heavy atom. The minimum Gasteiger partial charge on any atom is -0.371 e. The van der Waals surface area contributed by atoms with E-state index in [4.69, 9.17) is 4.74 Å². The number of ether oxygens (including phenoxy) is 1. The summed E-state index contributed by atoms with van der Waals surface area (Å²) in [4.78, 5) is 32.7. The van der Waals surface area contributed by atoms with Gasteiger partial charge in [-0.05, 0) is 31.9 Å². The van der Waals surface area contributed by atoms with E-state index in [1.807, 2.05) is 0 Å². The molecule has 0 amide bonds. The molecule has 11 heteroatoms. The molecule has 2 aliphatic rings. The van der Waals surface area contributed by atoms with Crippen LogP contribution in [0.25, 0.3) is 11.0 Å². The molecule has 0 radical (unpaired) electrons. The van der Waals surface area contributed by atoms with Crippen molar-refractivity contribution in [3.8, 4) is 6.07 Å². The highest BCUT2D eigenvalue weighted by atomic mass is 19.3. The Morgan fingerprint density at radius 2 is 2.00 bits per heavy atom. The van der Waals surface area contributed by atoms with Gasteiger partial charge in [0.15, 0.2) is 0 Å². The number of benzene rings is 1. The van der Waals surface area contributed by atoms with Crippen LogP contribution in [0.5, 0.6) is 0 Å². The average molecular weight is 497 g/mol. The standard InChI is InChI=1S/C25H22F3N5O3/c1-14-15-5-4-6-17(19(15)26)25(27,28)13-36-10-3-2-9-33-21-16(20(30-14)31-23(33)35)11-18(22(34)32-21)24(12-29)7-8-24/h2-6,11,14H,7-10,13H2,1H3,(H,32,34)(H,30,31,35)/b3-2-/t14-/m1/s1. The van der Waals surface area contributed by atoms with Gasteiger partial charge in [-0.3, -0.25) is 9.36 Å². The molecule has 2 aromatic heterocycles. The van der Waals surface area contributed by atoms with E-state index >= 15 is 4.39 Å². The summed E-state index contributed by atoms with van der Waals surface area (Å²) in [6, 6.07) is 6.54. The molecule has 3 heterocycles. The molecule has 1 aliphatic carbocycles. The first-order valence-electron chi connectivity index (χ1n) is 11.4. The Labute approximate surface area is 203 Å². The highest BCUT2D eigenvalue weighted by Crippen LogP contribution is 2.46. The van der Waals surface area contributed by atoms with Crippen molar-refractivity contribution in [2.75, 3.05) is 18.5 Å². The molecule has 0 spiro atoms. The number of allylic oxidation sites excluding steroid dienone is 1. The topological polar surface area (TPSA) is 113 Å². The van der Waals surface area contributed by atoms with Crippen LogP contribution in [0.2, 0.25) is 0 Å². The Kier molecular flexibility index (Phi) is 5.71. The quantitative estimate of drug-likeness (QED) is 0.497. The number of aromatic amines is 1. The Bertz CT molecular complexity index is 1550. The molecule has 1 aliphatic heterocycles. The van der Waals surface area contributed by atoms with E-state index < -0.39 is 46.6 Å². The van der Waals surface area contributed by atoms with Gasteiger partial charge in [-0.15, -0.1) is 0 Å². The van der Waals surface area contributed by atoms with Crippen LogP contribution >= 0.6 is 0 Å². The smallest absolute Gasteiger partial charge is 0.351 e. The lowest BCUT2D eigenvalue weighted by Gasteiger charge is -2.22. The van der Waals surface area contributed by atoms with Crippen LogP contribution in [0, 0.1) is 17.1 Å². The van der Waals surface area contributed by atoms with Crippen LogP contribution in [0.3, 0.4) is 0 Å². The third-order valence-corrected chi connectivity index (χ3v) is 6.66. The fraction of sp³-hybridized carbons (Fsp3) is 0.360. The third kappa shape index (κ3) is 3.97. The van der Waals surface area contributed by atoms with E-state index in [0.29, 0.717) is 18.2 Å². The molecule has 8 nitrogen and oxygen atoms in total. The van der Waals surface area contributed by atoms with Crippen molar-refractivity contribution < 1.29 is 17.9 Å². The number of halogens is 3. The second-order valence-corrected chi connectivity index (χ2v) is 9.09. The van der Waals surface area contributed by atoms with E-state index in [0.717, 1.165) is 6.07 Å². The predicted molar refractivity (Wildman–Crippen MR) is 125 cm³/mol. The summed E-state index contributed by atoms with van der Waals surface area (Å²) in [5.74, 6) is -4.61. The van der Waals surface area contributed by atoms with Crippen LogP contribution in [0.4, 0.5) is 19.0 Å². The SMILES string of the molecule is C[C@H]1Nc2nc(=O)n(c3[nH]c(=O)c(C4(C#N)CC4)cc23)C/C=C\COCC(F)(F)c2cccc1c2F. The lowest BCUT2D eigenvalue weighted by Crippen LogP contribution is -2.29. The Balaban J connectivity index is 1.73. The van der Waals surface area contributed by atoms with Crippen molar-refractivity contribution in [3.63, 3.8) is 0 Å². The maximum absolute atomic E-state index is 15.3. The van der Waals surface area contributed by atoms with Crippen LogP contribution in [-0.2, 0) is 22.6 Å². The first-order valence-corrected chi connectivity index (χ1v) is 11.4. The summed E-state index contributed by atoms with van der Waals surface area (Å²) in [5.41, 5.74) is -2.50. The molecule has 4 bridgehead atoms. The molecule has 0 unspecified atom stereocenters.